The van der Waals surface area contributed by atoms with Gasteiger partial charge in [0.15, 0.2) is 5.13 Å². The molecule has 0 radical (unpaired) electrons. The molecule has 30 heavy (non-hydrogen) atoms. The van der Waals surface area contributed by atoms with Crippen LogP contribution < -0.4 is 19.4 Å². The average molecular weight is 428 g/mol. The number of hydrogen-bond donors (Lipinski definition) is 1. The topological polar surface area (TPSA) is 50.1 Å². The van der Waals surface area contributed by atoms with Crippen LogP contribution in [0.25, 0.3) is 10.2 Å². The summed E-state index contributed by atoms with van der Waals surface area (Å²) in [5.41, 5.74) is 2.60. The molecule has 0 aliphatic carbocycles. The van der Waals surface area contributed by atoms with Crippen LogP contribution in [0.2, 0.25) is 0 Å². The number of hydrogen-bond acceptors (Lipinski definition) is 5. The molecule has 1 N–H and O–H groups in total. The quantitative estimate of drug-likeness (QED) is 0.571. The minimum atomic E-state index is -0.0274. The molecule has 0 spiro atoms. The Bertz CT molecular complexity index is 981. The minimum Gasteiger partial charge on any atom is -0.494 e. The molecule has 1 heterocycles. The first-order valence-corrected chi connectivity index (χ1v) is 11.2. The highest BCUT2D eigenvalue weighted by Crippen LogP contribution is 2.34. The molecule has 0 aliphatic rings. The molecule has 7 heteroatoms. The second-order valence-corrected chi connectivity index (χ2v) is 8.45. The van der Waals surface area contributed by atoms with Gasteiger partial charge in [0, 0.05) is 24.3 Å². The molecule has 0 unspecified atom stereocenters. The second kappa shape index (κ2) is 9.91. The van der Waals surface area contributed by atoms with E-state index in [1.54, 1.807) is 12.0 Å². The van der Waals surface area contributed by atoms with Crippen LogP contribution in [0.1, 0.15) is 24.2 Å². The van der Waals surface area contributed by atoms with Crippen molar-refractivity contribution in [2.45, 2.75) is 13.8 Å². The number of rotatable bonds is 9. The van der Waals surface area contributed by atoms with Crippen LogP contribution >= 0.6 is 11.3 Å². The van der Waals surface area contributed by atoms with Gasteiger partial charge < -0.3 is 14.5 Å². The summed E-state index contributed by atoms with van der Waals surface area (Å²) in [4.78, 5) is 23.6. The highest BCUT2D eigenvalue weighted by Gasteiger charge is 2.23. The Morgan fingerprint density at radius 1 is 1.10 bits per heavy atom. The zero-order valence-electron chi connectivity index (χ0n) is 18.4. The van der Waals surface area contributed by atoms with E-state index >= 15 is 0 Å². The first kappa shape index (κ1) is 22.1. The Hall–Kier alpha value is -2.64. The van der Waals surface area contributed by atoms with E-state index in [0.29, 0.717) is 17.2 Å². The second-order valence-electron chi connectivity index (χ2n) is 7.44. The Labute approximate surface area is 182 Å². The lowest BCUT2D eigenvalue weighted by atomic mass is 10.1. The van der Waals surface area contributed by atoms with Crippen molar-refractivity contribution in [3.63, 3.8) is 0 Å². The number of anilines is 2. The van der Waals surface area contributed by atoms with E-state index < -0.39 is 0 Å². The van der Waals surface area contributed by atoms with Crippen LogP contribution in [0, 0.1) is 0 Å². The normalized spacial score (nSPS) is 11.1. The molecular weight excluding hydrogens is 396 g/mol. The summed E-state index contributed by atoms with van der Waals surface area (Å²) in [5, 5.41) is 0.702. The SMILES string of the molecule is CCN(CC)c1ccc(C(=O)N(CC[NH+](C)C)c2nc3c(OC)cccc3s2)cc1. The highest BCUT2D eigenvalue weighted by molar-refractivity contribution is 7.22. The number of thiazole rings is 1. The van der Waals surface area contributed by atoms with Crippen molar-refractivity contribution in [3.05, 3.63) is 48.0 Å². The molecule has 6 nitrogen and oxygen atoms in total. The minimum absolute atomic E-state index is 0.0274. The van der Waals surface area contributed by atoms with Crippen LogP contribution in [-0.4, -0.2) is 58.3 Å². The maximum atomic E-state index is 13.4. The van der Waals surface area contributed by atoms with E-state index in [9.17, 15) is 4.79 Å². The van der Waals surface area contributed by atoms with E-state index in [-0.39, 0.29) is 5.91 Å². The Balaban J connectivity index is 1.94. The molecule has 0 saturated heterocycles. The number of aromatic nitrogens is 1. The summed E-state index contributed by atoms with van der Waals surface area (Å²) in [5.74, 6) is 0.699. The number of nitrogens with one attached hydrogen (secondary N) is 1. The number of benzene rings is 2. The Kier molecular flexibility index (Phi) is 7.29. The number of quaternary nitrogens is 1. The van der Waals surface area contributed by atoms with Gasteiger partial charge in [-0.25, -0.2) is 4.98 Å². The van der Waals surface area contributed by atoms with Crippen LogP contribution in [0.5, 0.6) is 5.75 Å². The summed E-state index contributed by atoms with van der Waals surface area (Å²) in [6.07, 6.45) is 0. The summed E-state index contributed by atoms with van der Waals surface area (Å²) < 4.78 is 6.46. The Morgan fingerprint density at radius 2 is 1.80 bits per heavy atom. The summed E-state index contributed by atoms with van der Waals surface area (Å²) in [7, 11) is 5.81. The predicted octanol–water partition coefficient (Wildman–Crippen LogP) is 2.94. The molecule has 3 rings (SSSR count). The van der Waals surface area contributed by atoms with Gasteiger partial charge in [-0.1, -0.05) is 17.4 Å². The van der Waals surface area contributed by atoms with Crippen molar-refractivity contribution < 1.29 is 14.4 Å². The molecule has 2 aromatic carbocycles. The zero-order chi connectivity index (χ0) is 21.7. The molecule has 0 fully saturated rings. The van der Waals surface area contributed by atoms with Crippen molar-refractivity contribution in [1.82, 2.24) is 4.98 Å². The maximum absolute atomic E-state index is 13.4. The van der Waals surface area contributed by atoms with Gasteiger partial charge in [0.1, 0.15) is 11.3 Å². The number of para-hydroxylation sites is 1. The van der Waals surface area contributed by atoms with Gasteiger partial charge in [-0.2, -0.15) is 0 Å². The number of likely N-dealkylation sites (N-methyl/N-ethyl adjacent to an activating group) is 1. The standard InChI is InChI=1S/C23H30N4O2S/c1-6-26(7-2)18-13-11-17(12-14-18)22(28)27(16-15-25(3)4)23-24-21-19(29-5)9-8-10-20(21)30-23/h8-14H,6-7,15-16H2,1-5H3/p+1. The lowest BCUT2D eigenvalue weighted by molar-refractivity contribution is -0.856. The van der Waals surface area contributed by atoms with Crippen molar-refractivity contribution in [3.8, 4) is 5.75 Å². The van der Waals surface area contributed by atoms with Crippen LogP contribution in [0.3, 0.4) is 0 Å². The van der Waals surface area contributed by atoms with Gasteiger partial charge in [0.05, 0.1) is 39.0 Å². The average Bonchev–Trinajstić information content (AvgIpc) is 3.19. The smallest absolute Gasteiger partial charge is 0.260 e. The van der Waals surface area contributed by atoms with E-state index in [1.165, 1.54) is 16.2 Å². The fourth-order valence-electron chi connectivity index (χ4n) is 3.37. The van der Waals surface area contributed by atoms with E-state index in [0.717, 1.165) is 41.3 Å². The van der Waals surface area contributed by atoms with Crippen LogP contribution in [0.15, 0.2) is 42.5 Å². The highest BCUT2D eigenvalue weighted by atomic mass is 32.1. The number of ether oxygens (including phenoxy) is 1. The molecule has 0 atom stereocenters. The number of fused-ring (bicyclic) bond motifs is 1. The van der Waals surface area contributed by atoms with Gasteiger partial charge in [-0.05, 0) is 50.2 Å². The molecule has 1 amide bonds. The van der Waals surface area contributed by atoms with Crippen molar-refractivity contribution in [1.29, 1.82) is 0 Å². The fourth-order valence-corrected chi connectivity index (χ4v) is 4.38. The maximum Gasteiger partial charge on any atom is 0.260 e. The number of carbonyl (C=O) groups excluding carboxylic acids is 1. The van der Waals surface area contributed by atoms with Gasteiger partial charge in [0.25, 0.3) is 5.91 Å². The lowest BCUT2D eigenvalue weighted by Gasteiger charge is -2.23. The molecular formula is C23H31N4O2S+. The summed E-state index contributed by atoms with van der Waals surface area (Å²) in [6.45, 7) is 7.58. The van der Waals surface area contributed by atoms with Crippen LogP contribution in [0.4, 0.5) is 10.8 Å². The van der Waals surface area contributed by atoms with Gasteiger partial charge in [-0.3, -0.25) is 9.69 Å². The largest absolute Gasteiger partial charge is 0.494 e. The molecule has 1 aromatic heterocycles. The lowest BCUT2D eigenvalue weighted by Crippen LogP contribution is -3.06. The van der Waals surface area contributed by atoms with Crippen LogP contribution in [-0.2, 0) is 0 Å². The third-order valence-electron chi connectivity index (χ3n) is 5.14. The number of methoxy groups -OCH3 is 1. The predicted molar refractivity (Wildman–Crippen MR) is 126 cm³/mol. The Morgan fingerprint density at radius 3 is 2.40 bits per heavy atom. The third kappa shape index (κ3) is 4.74. The molecule has 0 aliphatic heterocycles. The van der Waals surface area contributed by atoms with Crippen molar-refractivity contribution in [2.24, 2.45) is 0 Å². The first-order valence-electron chi connectivity index (χ1n) is 10.4. The third-order valence-corrected chi connectivity index (χ3v) is 6.19. The molecule has 160 valence electrons. The van der Waals surface area contributed by atoms with E-state index in [2.05, 4.69) is 32.8 Å². The van der Waals surface area contributed by atoms with Crippen molar-refractivity contribution >= 4 is 38.3 Å². The molecule has 3 aromatic rings. The van der Waals surface area contributed by atoms with Crippen molar-refractivity contribution in [2.75, 3.05) is 57.2 Å². The van der Waals surface area contributed by atoms with E-state index in [4.69, 9.17) is 9.72 Å². The molecule has 0 bridgehead atoms. The van der Waals surface area contributed by atoms with Gasteiger partial charge in [-0.15, -0.1) is 0 Å². The summed E-state index contributed by atoms with van der Waals surface area (Å²) in [6, 6.07) is 13.7. The van der Waals surface area contributed by atoms with Gasteiger partial charge >= 0.3 is 0 Å². The summed E-state index contributed by atoms with van der Waals surface area (Å²) >= 11 is 1.52. The molecule has 0 saturated carbocycles. The fraction of sp³-hybridized carbons (Fsp3) is 0.391. The zero-order valence-corrected chi connectivity index (χ0v) is 19.3. The monoisotopic (exact) mass is 427 g/mol. The number of carbonyl (C=O) groups is 1. The first-order chi connectivity index (χ1) is 14.5. The van der Waals surface area contributed by atoms with E-state index in [1.807, 2.05) is 42.5 Å². The number of nitrogens with zero attached hydrogens (tertiary/aromatic N) is 3. The number of amides is 1. The van der Waals surface area contributed by atoms with Gasteiger partial charge in [0.2, 0.25) is 0 Å².